The van der Waals surface area contributed by atoms with Gasteiger partial charge in [0.25, 0.3) is 0 Å². The first kappa shape index (κ1) is 12.5. The maximum Gasteiger partial charge on any atom is 0.249 e. The number of carbonyl (C=O) groups is 1. The molecule has 0 spiro atoms. The SMILES string of the molecule is CN(C)c1ccc2cc3c(C(N)=O)cccc3cc2c1. The number of fused-ring (bicyclic) bond motifs is 2. The summed E-state index contributed by atoms with van der Waals surface area (Å²) < 4.78 is 0. The second-order valence-electron chi connectivity index (χ2n) is 5.17. The smallest absolute Gasteiger partial charge is 0.249 e. The zero-order valence-electron chi connectivity index (χ0n) is 11.6. The molecule has 2 N–H and O–H groups in total. The first-order valence-electron chi connectivity index (χ1n) is 6.50. The molecule has 0 aromatic heterocycles. The standard InChI is InChI=1S/C17H16N2O/c1-19(2)14-7-6-11-10-16-12(8-13(11)9-14)4-3-5-15(16)17(18)20/h3-10H,1-2H3,(H2,18,20). The fourth-order valence-electron chi connectivity index (χ4n) is 2.50. The minimum Gasteiger partial charge on any atom is -0.378 e. The Hall–Kier alpha value is -2.55. The van der Waals surface area contributed by atoms with E-state index in [0.717, 1.165) is 27.2 Å². The van der Waals surface area contributed by atoms with E-state index >= 15 is 0 Å². The maximum atomic E-state index is 11.5. The number of anilines is 1. The molecular formula is C17H16N2O. The molecule has 0 atom stereocenters. The number of amides is 1. The molecule has 0 radical (unpaired) electrons. The van der Waals surface area contributed by atoms with Crippen molar-refractivity contribution in [2.75, 3.05) is 19.0 Å². The predicted molar refractivity (Wildman–Crippen MR) is 84.3 cm³/mol. The van der Waals surface area contributed by atoms with E-state index in [1.807, 2.05) is 32.3 Å². The molecule has 3 heteroatoms. The summed E-state index contributed by atoms with van der Waals surface area (Å²) in [5, 5.41) is 4.21. The van der Waals surface area contributed by atoms with Crippen LogP contribution in [0.1, 0.15) is 10.4 Å². The van der Waals surface area contributed by atoms with Crippen molar-refractivity contribution in [2.24, 2.45) is 5.73 Å². The average Bonchev–Trinajstić information content (AvgIpc) is 2.43. The Morgan fingerprint density at radius 3 is 2.45 bits per heavy atom. The monoisotopic (exact) mass is 264 g/mol. The Labute approximate surface area is 117 Å². The van der Waals surface area contributed by atoms with E-state index in [9.17, 15) is 4.79 Å². The van der Waals surface area contributed by atoms with Crippen LogP contribution < -0.4 is 10.6 Å². The van der Waals surface area contributed by atoms with E-state index in [1.165, 1.54) is 0 Å². The second kappa shape index (κ2) is 4.53. The van der Waals surface area contributed by atoms with E-state index in [2.05, 4.69) is 29.2 Å². The quantitative estimate of drug-likeness (QED) is 0.723. The lowest BCUT2D eigenvalue weighted by Crippen LogP contribution is -2.11. The Kier molecular flexibility index (Phi) is 2.83. The van der Waals surface area contributed by atoms with E-state index in [1.54, 1.807) is 6.07 Å². The normalized spacial score (nSPS) is 10.9. The summed E-state index contributed by atoms with van der Waals surface area (Å²) in [7, 11) is 4.04. The third-order valence-corrected chi connectivity index (χ3v) is 3.60. The third-order valence-electron chi connectivity index (χ3n) is 3.60. The number of hydrogen-bond donors (Lipinski definition) is 1. The van der Waals surface area contributed by atoms with Gasteiger partial charge in [-0.3, -0.25) is 4.79 Å². The van der Waals surface area contributed by atoms with Crippen LogP contribution in [0.4, 0.5) is 5.69 Å². The number of nitrogens with two attached hydrogens (primary N) is 1. The van der Waals surface area contributed by atoms with Crippen LogP contribution in [-0.2, 0) is 0 Å². The van der Waals surface area contributed by atoms with Crippen molar-refractivity contribution in [2.45, 2.75) is 0 Å². The molecule has 3 aromatic rings. The number of benzene rings is 3. The van der Waals surface area contributed by atoms with Gasteiger partial charge >= 0.3 is 0 Å². The van der Waals surface area contributed by atoms with Gasteiger partial charge in [-0.1, -0.05) is 18.2 Å². The van der Waals surface area contributed by atoms with Gasteiger partial charge in [-0.15, -0.1) is 0 Å². The highest BCUT2D eigenvalue weighted by Gasteiger charge is 2.08. The summed E-state index contributed by atoms with van der Waals surface area (Å²) in [4.78, 5) is 13.6. The van der Waals surface area contributed by atoms with Crippen LogP contribution in [0.3, 0.4) is 0 Å². The highest BCUT2D eigenvalue weighted by Crippen LogP contribution is 2.28. The van der Waals surface area contributed by atoms with Gasteiger partial charge in [0.15, 0.2) is 0 Å². The summed E-state index contributed by atoms with van der Waals surface area (Å²) in [5.41, 5.74) is 7.17. The zero-order valence-corrected chi connectivity index (χ0v) is 11.6. The molecule has 0 unspecified atom stereocenters. The Morgan fingerprint density at radius 2 is 1.75 bits per heavy atom. The van der Waals surface area contributed by atoms with Gasteiger partial charge in [0.1, 0.15) is 0 Å². The highest BCUT2D eigenvalue weighted by atomic mass is 16.1. The molecule has 0 bridgehead atoms. The van der Waals surface area contributed by atoms with Crippen LogP contribution >= 0.6 is 0 Å². The fraction of sp³-hybridized carbons (Fsp3) is 0.118. The van der Waals surface area contributed by atoms with E-state index < -0.39 is 0 Å². The van der Waals surface area contributed by atoms with E-state index in [4.69, 9.17) is 5.73 Å². The Morgan fingerprint density at radius 1 is 0.950 bits per heavy atom. The lowest BCUT2D eigenvalue weighted by molar-refractivity contribution is 0.100. The topological polar surface area (TPSA) is 46.3 Å². The van der Waals surface area contributed by atoms with Gasteiger partial charge in [-0.05, 0) is 51.9 Å². The van der Waals surface area contributed by atoms with Crippen LogP contribution in [0.2, 0.25) is 0 Å². The number of rotatable bonds is 2. The first-order valence-corrected chi connectivity index (χ1v) is 6.50. The molecule has 0 aliphatic carbocycles. The van der Waals surface area contributed by atoms with Crippen molar-refractivity contribution in [3.63, 3.8) is 0 Å². The van der Waals surface area contributed by atoms with Crippen LogP contribution in [0, 0.1) is 0 Å². The lowest BCUT2D eigenvalue weighted by atomic mass is 9.99. The largest absolute Gasteiger partial charge is 0.378 e. The second-order valence-corrected chi connectivity index (χ2v) is 5.17. The Balaban J connectivity index is 2.34. The van der Waals surface area contributed by atoms with Crippen LogP contribution in [0.25, 0.3) is 21.5 Å². The molecule has 0 aliphatic heterocycles. The van der Waals surface area contributed by atoms with Crippen molar-refractivity contribution in [3.8, 4) is 0 Å². The molecule has 100 valence electrons. The summed E-state index contributed by atoms with van der Waals surface area (Å²) in [6.45, 7) is 0. The molecule has 0 heterocycles. The summed E-state index contributed by atoms with van der Waals surface area (Å²) in [5.74, 6) is -0.389. The van der Waals surface area contributed by atoms with Crippen LogP contribution in [-0.4, -0.2) is 20.0 Å². The van der Waals surface area contributed by atoms with Crippen molar-refractivity contribution >= 4 is 33.1 Å². The first-order chi connectivity index (χ1) is 9.56. The molecule has 0 aliphatic rings. The van der Waals surface area contributed by atoms with Gasteiger partial charge in [0.2, 0.25) is 5.91 Å². The number of primary amides is 1. The number of hydrogen-bond acceptors (Lipinski definition) is 2. The molecule has 0 fully saturated rings. The van der Waals surface area contributed by atoms with Crippen molar-refractivity contribution in [1.29, 1.82) is 0 Å². The number of nitrogens with zero attached hydrogens (tertiary/aromatic N) is 1. The van der Waals surface area contributed by atoms with Crippen molar-refractivity contribution in [3.05, 3.63) is 54.1 Å². The average molecular weight is 264 g/mol. The minimum atomic E-state index is -0.389. The summed E-state index contributed by atoms with van der Waals surface area (Å²) in [6, 6.07) is 16.1. The van der Waals surface area contributed by atoms with Gasteiger partial charge in [-0.2, -0.15) is 0 Å². The number of carbonyl (C=O) groups excluding carboxylic acids is 1. The van der Waals surface area contributed by atoms with Gasteiger partial charge < -0.3 is 10.6 Å². The van der Waals surface area contributed by atoms with Gasteiger partial charge in [-0.25, -0.2) is 0 Å². The Bertz CT molecular complexity index is 822. The molecule has 0 saturated carbocycles. The van der Waals surface area contributed by atoms with E-state index in [0.29, 0.717) is 5.56 Å². The van der Waals surface area contributed by atoms with Gasteiger partial charge in [0.05, 0.1) is 0 Å². The molecule has 0 saturated heterocycles. The third kappa shape index (κ3) is 1.97. The zero-order chi connectivity index (χ0) is 14.3. The van der Waals surface area contributed by atoms with E-state index in [-0.39, 0.29) is 5.91 Å². The molecular weight excluding hydrogens is 248 g/mol. The van der Waals surface area contributed by atoms with Crippen LogP contribution in [0.15, 0.2) is 48.5 Å². The maximum absolute atomic E-state index is 11.5. The van der Waals surface area contributed by atoms with Crippen molar-refractivity contribution < 1.29 is 4.79 Å². The van der Waals surface area contributed by atoms with Crippen molar-refractivity contribution in [1.82, 2.24) is 0 Å². The lowest BCUT2D eigenvalue weighted by Gasteiger charge is -2.13. The summed E-state index contributed by atoms with van der Waals surface area (Å²) >= 11 is 0. The predicted octanol–water partition coefficient (Wildman–Crippen LogP) is 3.16. The highest BCUT2D eigenvalue weighted by molar-refractivity contribution is 6.10. The molecule has 1 amide bonds. The van der Waals surface area contributed by atoms with Gasteiger partial charge in [0, 0.05) is 25.3 Å². The van der Waals surface area contributed by atoms with Crippen LogP contribution in [0.5, 0.6) is 0 Å². The molecule has 3 rings (SSSR count). The fourth-order valence-corrected chi connectivity index (χ4v) is 2.50. The summed E-state index contributed by atoms with van der Waals surface area (Å²) in [6.07, 6.45) is 0. The molecule has 3 nitrogen and oxygen atoms in total. The minimum absolute atomic E-state index is 0.389. The molecule has 3 aromatic carbocycles. The molecule has 20 heavy (non-hydrogen) atoms.